The van der Waals surface area contributed by atoms with Gasteiger partial charge in [0.2, 0.25) is 0 Å². The zero-order chi connectivity index (χ0) is 14.7. The van der Waals surface area contributed by atoms with E-state index in [4.69, 9.17) is 11.6 Å². The third kappa shape index (κ3) is 4.77. The number of halogens is 2. The van der Waals surface area contributed by atoms with Crippen LogP contribution in [0.4, 0.5) is 10.1 Å². The van der Waals surface area contributed by atoms with Crippen LogP contribution in [0.5, 0.6) is 0 Å². The van der Waals surface area contributed by atoms with E-state index in [0.29, 0.717) is 5.56 Å². The summed E-state index contributed by atoms with van der Waals surface area (Å²) in [5.41, 5.74) is 1.45. The number of carboxylic acid groups (broad SMARTS) is 1. The van der Waals surface area contributed by atoms with Crippen LogP contribution in [0, 0.1) is 12.7 Å². The Bertz CT molecular complexity index is 631. The topological polar surface area (TPSA) is 49.3 Å². The van der Waals surface area contributed by atoms with Gasteiger partial charge in [0.15, 0.2) is 6.04 Å². The molecule has 6 heteroatoms. The van der Waals surface area contributed by atoms with Crippen LogP contribution in [-0.4, -0.2) is 62.5 Å². The van der Waals surface area contributed by atoms with Gasteiger partial charge in [-0.25, -0.2) is 9.18 Å². The maximum atomic E-state index is 13.7. The molecule has 0 aliphatic carbocycles. The van der Waals surface area contributed by atoms with E-state index < -0.39 is 17.8 Å². The van der Waals surface area contributed by atoms with E-state index in [2.05, 4.69) is 5.32 Å². The molecule has 2 rings (SSSR count). The van der Waals surface area contributed by atoms with Crippen LogP contribution in [-0.2, 0) is 4.79 Å². The summed E-state index contributed by atoms with van der Waals surface area (Å²) in [6, 6.07) is 10.2. The minimum absolute atomic E-state index is 0. The van der Waals surface area contributed by atoms with E-state index in [1.807, 2.05) is 13.0 Å². The van der Waals surface area contributed by atoms with Crippen LogP contribution in [0.25, 0.3) is 0 Å². The first-order valence-corrected chi connectivity index (χ1v) is 6.37. The molecule has 0 aromatic heterocycles. The molecule has 0 aliphatic rings. The van der Waals surface area contributed by atoms with Crippen molar-refractivity contribution in [3.8, 4) is 0 Å². The van der Waals surface area contributed by atoms with Crippen LogP contribution in [0.1, 0.15) is 17.2 Å². The fourth-order valence-electron chi connectivity index (χ4n) is 1.92. The fourth-order valence-corrected chi connectivity index (χ4v) is 2.13. The van der Waals surface area contributed by atoms with E-state index >= 15 is 0 Å². The summed E-state index contributed by atoms with van der Waals surface area (Å²) < 4.78 is 13.7. The fraction of sp³-hybridized carbons (Fsp3) is 0.133. The van der Waals surface area contributed by atoms with Gasteiger partial charge >= 0.3 is 57.4 Å². The van der Waals surface area contributed by atoms with Gasteiger partial charge in [-0.05, 0) is 24.6 Å². The van der Waals surface area contributed by atoms with Crippen molar-refractivity contribution < 1.29 is 14.3 Å². The SMILES string of the molecule is Cc1cccc(C(Nc2c(F)cccc2Cl)C(=O)O)c1.[KH]. The second kappa shape index (κ2) is 8.27. The number of anilines is 1. The minimum atomic E-state index is -1.10. The van der Waals surface area contributed by atoms with Crippen molar-refractivity contribution in [2.24, 2.45) is 0 Å². The molecule has 0 saturated heterocycles. The van der Waals surface area contributed by atoms with Gasteiger partial charge in [0.05, 0.1) is 10.7 Å². The van der Waals surface area contributed by atoms with Crippen molar-refractivity contribution >= 4 is 74.6 Å². The Morgan fingerprint density at radius 1 is 1.29 bits per heavy atom. The standard InChI is InChI=1S/C15H13ClFNO2.K.H/c1-9-4-2-5-10(8-9)13(15(19)20)18-14-11(16)6-3-7-12(14)17;;/h2-8,13,18H,1H3,(H,19,20);;. The Kier molecular flexibility index (Phi) is 7.33. The zero-order valence-corrected chi connectivity index (χ0v) is 11.5. The molecular weight excluding hydrogens is 320 g/mol. The molecular formula is C15H14ClFKNO2. The summed E-state index contributed by atoms with van der Waals surface area (Å²) in [5, 5.41) is 12.1. The molecule has 2 aromatic rings. The van der Waals surface area contributed by atoms with Crippen LogP contribution in [0.2, 0.25) is 5.02 Å². The van der Waals surface area contributed by atoms with Gasteiger partial charge in [-0.15, -0.1) is 0 Å². The van der Waals surface area contributed by atoms with E-state index in [1.54, 1.807) is 18.2 Å². The Morgan fingerprint density at radius 2 is 1.95 bits per heavy atom. The second-order valence-corrected chi connectivity index (χ2v) is 4.83. The summed E-state index contributed by atoms with van der Waals surface area (Å²) in [7, 11) is 0. The number of hydrogen-bond acceptors (Lipinski definition) is 2. The molecule has 1 unspecified atom stereocenters. The molecule has 0 aliphatic heterocycles. The third-order valence-electron chi connectivity index (χ3n) is 2.87. The van der Waals surface area contributed by atoms with Crippen molar-refractivity contribution in [1.29, 1.82) is 0 Å². The van der Waals surface area contributed by atoms with Crippen LogP contribution >= 0.6 is 11.6 Å². The molecule has 0 spiro atoms. The first kappa shape index (κ1) is 18.6. The molecule has 1 atom stereocenters. The van der Waals surface area contributed by atoms with E-state index in [9.17, 15) is 14.3 Å². The molecule has 0 bridgehead atoms. The van der Waals surface area contributed by atoms with Crippen molar-refractivity contribution in [2.45, 2.75) is 13.0 Å². The normalized spacial score (nSPS) is 11.4. The van der Waals surface area contributed by atoms with E-state index in [-0.39, 0.29) is 62.1 Å². The van der Waals surface area contributed by atoms with Gasteiger partial charge in [0, 0.05) is 0 Å². The predicted octanol–water partition coefficient (Wildman–Crippen LogP) is 3.38. The van der Waals surface area contributed by atoms with Gasteiger partial charge in [-0.3, -0.25) is 0 Å². The first-order chi connectivity index (χ1) is 9.49. The van der Waals surface area contributed by atoms with E-state index in [1.165, 1.54) is 18.2 Å². The molecule has 0 fully saturated rings. The van der Waals surface area contributed by atoms with Crippen molar-refractivity contribution in [2.75, 3.05) is 5.32 Å². The molecule has 0 saturated carbocycles. The summed E-state index contributed by atoms with van der Waals surface area (Å²) in [6.45, 7) is 1.86. The number of carboxylic acids is 1. The van der Waals surface area contributed by atoms with Crippen molar-refractivity contribution in [1.82, 2.24) is 0 Å². The number of carbonyl (C=O) groups is 1. The van der Waals surface area contributed by atoms with Crippen LogP contribution in [0.3, 0.4) is 0 Å². The van der Waals surface area contributed by atoms with E-state index in [0.717, 1.165) is 5.56 Å². The molecule has 2 N–H and O–H groups in total. The molecule has 0 radical (unpaired) electrons. The van der Waals surface area contributed by atoms with Gasteiger partial charge in [-0.2, -0.15) is 0 Å². The number of rotatable bonds is 4. The average molecular weight is 334 g/mol. The molecule has 106 valence electrons. The van der Waals surface area contributed by atoms with Crippen molar-refractivity contribution in [3.63, 3.8) is 0 Å². The summed E-state index contributed by atoms with van der Waals surface area (Å²) in [4.78, 5) is 11.4. The van der Waals surface area contributed by atoms with Crippen LogP contribution in [0.15, 0.2) is 42.5 Å². The quantitative estimate of drug-likeness (QED) is 0.843. The average Bonchev–Trinajstić information content (AvgIpc) is 2.38. The number of para-hydroxylation sites is 1. The van der Waals surface area contributed by atoms with Gasteiger partial charge in [0.25, 0.3) is 0 Å². The zero-order valence-electron chi connectivity index (χ0n) is 10.7. The third-order valence-corrected chi connectivity index (χ3v) is 3.19. The predicted molar refractivity (Wildman–Crippen MR) is 83.7 cm³/mol. The Hall–Kier alpha value is -0.434. The van der Waals surface area contributed by atoms with Crippen LogP contribution < -0.4 is 5.32 Å². The molecule has 0 amide bonds. The van der Waals surface area contributed by atoms with Gasteiger partial charge in [-0.1, -0.05) is 47.5 Å². The Morgan fingerprint density at radius 3 is 2.52 bits per heavy atom. The number of aryl methyl sites for hydroxylation is 1. The van der Waals surface area contributed by atoms with Gasteiger partial charge < -0.3 is 10.4 Å². The summed E-state index contributed by atoms with van der Waals surface area (Å²) >= 11 is 5.90. The second-order valence-electron chi connectivity index (χ2n) is 4.43. The Labute approximate surface area is 169 Å². The summed E-state index contributed by atoms with van der Waals surface area (Å²) in [6.07, 6.45) is 0. The molecule has 3 nitrogen and oxygen atoms in total. The number of aliphatic carboxylic acids is 1. The molecule has 21 heavy (non-hydrogen) atoms. The van der Waals surface area contributed by atoms with Gasteiger partial charge in [0.1, 0.15) is 5.82 Å². The maximum absolute atomic E-state index is 13.7. The molecule has 2 aromatic carbocycles. The number of benzene rings is 2. The number of nitrogens with one attached hydrogen (secondary N) is 1. The monoisotopic (exact) mass is 333 g/mol. The Balaban J connectivity index is 0.00000220. The van der Waals surface area contributed by atoms with Crippen molar-refractivity contribution in [3.05, 3.63) is 64.4 Å². The molecule has 0 heterocycles. The number of hydrogen-bond donors (Lipinski definition) is 2. The summed E-state index contributed by atoms with van der Waals surface area (Å²) in [5.74, 6) is -1.69. The first-order valence-electron chi connectivity index (χ1n) is 5.99.